The highest BCUT2D eigenvalue weighted by Gasteiger charge is 2.16. The summed E-state index contributed by atoms with van der Waals surface area (Å²) in [5.74, 6) is -0.0822. The first-order chi connectivity index (χ1) is 9.66. The molecule has 0 aliphatic rings. The van der Waals surface area contributed by atoms with E-state index in [1.54, 1.807) is 6.20 Å². The predicted molar refractivity (Wildman–Crippen MR) is 87.0 cm³/mol. The highest BCUT2D eigenvalue weighted by atomic mass is 79.9. The molecule has 1 aromatic heterocycles. The zero-order valence-electron chi connectivity index (χ0n) is 10.3. The lowest BCUT2D eigenvalue weighted by Gasteiger charge is -2.07. The Kier molecular flexibility index (Phi) is 3.68. The van der Waals surface area contributed by atoms with Crippen LogP contribution in [0.15, 0.2) is 63.7 Å². The van der Waals surface area contributed by atoms with Crippen molar-refractivity contribution in [2.24, 2.45) is 0 Å². The van der Waals surface area contributed by atoms with E-state index in [0.29, 0.717) is 15.7 Å². The number of carbonyl (C=O) groups excluding carboxylic acids is 1. The summed E-state index contributed by atoms with van der Waals surface area (Å²) in [4.78, 5) is 16.9. The molecule has 0 amide bonds. The van der Waals surface area contributed by atoms with Gasteiger partial charge in [0.05, 0.1) is 0 Å². The zero-order chi connectivity index (χ0) is 14.1. The van der Waals surface area contributed by atoms with Crippen molar-refractivity contribution < 1.29 is 4.79 Å². The molecule has 0 N–H and O–H groups in total. The summed E-state index contributed by atoms with van der Waals surface area (Å²) < 4.78 is 1.52. The Balaban J connectivity index is 2.18. The number of ketones is 1. The number of fused-ring (bicyclic) bond motifs is 1. The first kappa shape index (κ1) is 13.5. The van der Waals surface area contributed by atoms with Crippen molar-refractivity contribution in [3.05, 3.63) is 74.9 Å². The van der Waals surface area contributed by atoms with Crippen LogP contribution in [0.25, 0.3) is 10.8 Å². The molecule has 20 heavy (non-hydrogen) atoms. The fourth-order valence-electron chi connectivity index (χ4n) is 2.13. The van der Waals surface area contributed by atoms with E-state index in [0.717, 1.165) is 15.2 Å². The Morgan fingerprint density at radius 1 is 1.00 bits per heavy atom. The molecular formula is C16H9Br2NO. The maximum absolute atomic E-state index is 12.7. The van der Waals surface area contributed by atoms with Crippen molar-refractivity contribution >= 4 is 48.4 Å². The summed E-state index contributed by atoms with van der Waals surface area (Å²) in [5.41, 5.74) is 1.09. The first-order valence-corrected chi connectivity index (χ1v) is 7.59. The van der Waals surface area contributed by atoms with Gasteiger partial charge in [-0.1, -0.05) is 42.5 Å². The number of benzene rings is 2. The molecule has 0 atom stereocenters. The third-order valence-corrected chi connectivity index (χ3v) is 4.10. The monoisotopic (exact) mass is 389 g/mol. The smallest absolute Gasteiger partial charge is 0.213 e. The molecule has 0 bridgehead atoms. The molecular weight excluding hydrogens is 382 g/mol. The standard InChI is InChI=1S/C16H9Br2NO/c17-11-8-14(18)15(19-9-11)16(20)13-7-3-5-10-4-1-2-6-12(10)13/h1-9H. The molecule has 1 heterocycles. The molecule has 2 nitrogen and oxygen atoms in total. The first-order valence-electron chi connectivity index (χ1n) is 6.00. The van der Waals surface area contributed by atoms with E-state index in [1.807, 2.05) is 48.5 Å². The lowest BCUT2D eigenvalue weighted by Crippen LogP contribution is -2.05. The summed E-state index contributed by atoms with van der Waals surface area (Å²) in [5, 5.41) is 1.99. The highest BCUT2D eigenvalue weighted by Crippen LogP contribution is 2.25. The van der Waals surface area contributed by atoms with Gasteiger partial charge in [-0.2, -0.15) is 0 Å². The van der Waals surface area contributed by atoms with Crippen molar-refractivity contribution in [3.63, 3.8) is 0 Å². The minimum absolute atomic E-state index is 0.0822. The van der Waals surface area contributed by atoms with Gasteiger partial charge in [0.1, 0.15) is 5.69 Å². The minimum Gasteiger partial charge on any atom is -0.287 e. The fourth-order valence-corrected chi connectivity index (χ4v) is 3.30. The predicted octanol–water partition coefficient (Wildman–Crippen LogP) is 4.99. The molecule has 3 rings (SSSR count). The summed E-state index contributed by atoms with van der Waals surface area (Å²) >= 11 is 6.73. The van der Waals surface area contributed by atoms with E-state index in [2.05, 4.69) is 36.8 Å². The van der Waals surface area contributed by atoms with Crippen LogP contribution in [0.3, 0.4) is 0 Å². The van der Waals surface area contributed by atoms with Crippen molar-refractivity contribution in [1.29, 1.82) is 0 Å². The second-order valence-electron chi connectivity index (χ2n) is 4.34. The number of hydrogen-bond acceptors (Lipinski definition) is 2. The van der Waals surface area contributed by atoms with Gasteiger partial charge in [0.15, 0.2) is 0 Å². The third kappa shape index (κ3) is 2.41. The maximum Gasteiger partial charge on any atom is 0.213 e. The molecule has 2 aromatic carbocycles. The van der Waals surface area contributed by atoms with E-state index in [4.69, 9.17) is 0 Å². The number of carbonyl (C=O) groups is 1. The number of nitrogens with zero attached hydrogens (tertiary/aromatic N) is 1. The van der Waals surface area contributed by atoms with E-state index < -0.39 is 0 Å². The van der Waals surface area contributed by atoms with Crippen LogP contribution in [-0.4, -0.2) is 10.8 Å². The van der Waals surface area contributed by atoms with Crippen molar-refractivity contribution in [2.75, 3.05) is 0 Å². The number of halogens is 2. The number of pyridine rings is 1. The summed E-state index contributed by atoms with van der Waals surface area (Å²) in [6.45, 7) is 0. The molecule has 0 saturated carbocycles. The molecule has 0 saturated heterocycles. The van der Waals surface area contributed by atoms with Gasteiger partial charge in [-0.3, -0.25) is 9.78 Å². The molecule has 3 aromatic rings. The van der Waals surface area contributed by atoms with Gasteiger partial charge in [0.2, 0.25) is 5.78 Å². The van der Waals surface area contributed by atoms with Crippen molar-refractivity contribution in [3.8, 4) is 0 Å². The van der Waals surface area contributed by atoms with Crippen LogP contribution in [0.2, 0.25) is 0 Å². The second-order valence-corrected chi connectivity index (χ2v) is 6.11. The van der Waals surface area contributed by atoms with Crippen LogP contribution in [0.1, 0.15) is 16.1 Å². The van der Waals surface area contributed by atoms with Crippen LogP contribution in [0.4, 0.5) is 0 Å². The van der Waals surface area contributed by atoms with Crippen LogP contribution < -0.4 is 0 Å². The highest BCUT2D eigenvalue weighted by molar-refractivity contribution is 9.11. The van der Waals surface area contributed by atoms with Gasteiger partial charge in [0, 0.05) is 20.7 Å². The largest absolute Gasteiger partial charge is 0.287 e. The molecule has 0 fully saturated rings. The van der Waals surface area contributed by atoms with Crippen molar-refractivity contribution in [2.45, 2.75) is 0 Å². The molecule has 0 aliphatic carbocycles. The van der Waals surface area contributed by atoms with Gasteiger partial charge in [-0.25, -0.2) is 0 Å². The van der Waals surface area contributed by atoms with E-state index in [-0.39, 0.29) is 5.78 Å². The average Bonchev–Trinajstić information content (AvgIpc) is 2.46. The van der Waals surface area contributed by atoms with Crippen molar-refractivity contribution in [1.82, 2.24) is 4.98 Å². The SMILES string of the molecule is O=C(c1ncc(Br)cc1Br)c1cccc2ccccc12. The normalized spacial score (nSPS) is 10.7. The lowest BCUT2D eigenvalue weighted by atomic mass is 10.00. The molecule has 0 aliphatic heterocycles. The van der Waals surface area contributed by atoms with Gasteiger partial charge < -0.3 is 0 Å². The Hall–Kier alpha value is -1.52. The lowest BCUT2D eigenvalue weighted by molar-refractivity contribution is 0.103. The maximum atomic E-state index is 12.7. The average molecular weight is 391 g/mol. The fraction of sp³-hybridized carbons (Fsp3) is 0. The number of aromatic nitrogens is 1. The molecule has 4 heteroatoms. The van der Waals surface area contributed by atoms with Crippen LogP contribution in [0, 0.1) is 0 Å². The molecule has 98 valence electrons. The molecule has 0 unspecified atom stereocenters. The molecule has 0 radical (unpaired) electrons. The van der Waals surface area contributed by atoms with Crippen LogP contribution in [0.5, 0.6) is 0 Å². The Bertz CT molecular complexity index is 809. The third-order valence-electron chi connectivity index (χ3n) is 3.06. The van der Waals surface area contributed by atoms with Gasteiger partial charge in [0.25, 0.3) is 0 Å². The second kappa shape index (κ2) is 5.46. The summed E-state index contributed by atoms with van der Waals surface area (Å²) in [6, 6.07) is 15.4. The van der Waals surface area contributed by atoms with E-state index >= 15 is 0 Å². The van der Waals surface area contributed by atoms with Crippen LogP contribution in [-0.2, 0) is 0 Å². The summed E-state index contributed by atoms with van der Waals surface area (Å²) in [6.07, 6.45) is 1.63. The van der Waals surface area contributed by atoms with E-state index in [9.17, 15) is 4.79 Å². The Labute approximate surface area is 133 Å². The Morgan fingerprint density at radius 2 is 1.75 bits per heavy atom. The van der Waals surface area contributed by atoms with Gasteiger partial charge in [-0.05, 0) is 48.7 Å². The van der Waals surface area contributed by atoms with E-state index in [1.165, 1.54) is 0 Å². The minimum atomic E-state index is -0.0822. The van der Waals surface area contributed by atoms with Gasteiger partial charge >= 0.3 is 0 Å². The quantitative estimate of drug-likeness (QED) is 0.577. The molecule has 0 spiro atoms. The number of rotatable bonds is 2. The van der Waals surface area contributed by atoms with Gasteiger partial charge in [-0.15, -0.1) is 0 Å². The topological polar surface area (TPSA) is 30.0 Å². The zero-order valence-corrected chi connectivity index (χ0v) is 13.5. The number of hydrogen-bond donors (Lipinski definition) is 0. The Morgan fingerprint density at radius 3 is 2.55 bits per heavy atom. The summed E-state index contributed by atoms with van der Waals surface area (Å²) in [7, 11) is 0. The van der Waals surface area contributed by atoms with Crippen LogP contribution >= 0.6 is 31.9 Å².